The molecule has 0 heterocycles. The predicted octanol–water partition coefficient (Wildman–Crippen LogP) is 2.74. The SMILES string of the molecule is NC(=O)C[S@](=O)Cc1cccc(-c2ccc(Cl)cc2)c1. The van der Waals surface area contributed by atoms with Gasteiger partial charge >= 0.3 is 0 Å². The van der Waals surface area contributed by atoms with Crippen molar-refractivity contribution in [1.29, 1.82) is 0 Å². The second kappa shape index (κ2) is 6.68. The number of halogens is 1. The van der Waals surface area contributed by atoms with Gasteiger partial charge in [-0.15, -0.1) is 0 Å². The fourth-order valence-electron chi connectivity index (χ4n) is 1.88. The summed E-state index contributed by atoms with van der Waals surface area (Å²) in [7, 11) is -1.27. The summed E-state index contributed by atoms with van der Waals surface area (Å²) >= 11 is 5.86. The average molecular weight is 308 g/mol. The van der Waals surface area contributed by atoms with Crippen molar-refractivity contribution < 1.29 is 9.00 Å². The first-order valence-electron chi connectivity index (χ1n) is 6.03. The van der Waals surface area contributed by atoms with Crippen LogP contribution >= 0.6 is 11.6 Å². The molecule has 2 N–H and O–H groups in total. The van der Waals surface area contributed by atoms with Crippen LogP contribution in [-0.4, -0.2) is 15.9 Å². The van der Waals surface area contributed by atoms with Crippen LogP contribution in [0.5, 0.6) is 0 Å². The number of amides is 1. The molecule has 0 aliphatic rings. The molecule has 0 unspecified atom stereocenters. The second-order valence-corrected chi connectivity index (χ2v) is 6.30. The van der Waals surface area contributed by atoms with E-state index in [0.29, 0.717) is 10.8 Å². The van der Waals surface area contributed by atoms with E-state index in [4.69, 9.17) is 17.3 Å². The van der Waals surface area contributed by atoms with Crippen molar-refractivity contribution in [2.45, 2.75) is 5.75 Å². The first-order valence-corrected chi connectivity index (χ1v) is 7.89. The quantitative estimate of drug-likeness (QED) is 0.923. The zero-order valence-electron chi connectivity index (χ0n) is 10.7. The summed E-state index contributed by atoms with van der Waals surface area (Å²) in [6, 6.07) is 15.2. The minimum absolute atomic E-state index is 0.106. The third-order valence-corrected chi connectivity index (χ3v) is 4.25. The molecule has 1 amide bonds. The van der Waals surface area contributed by atoms with E-state index in [-0.39, 0.29) is 5.75 Å². The zero-order chi connectivity index (χ0) is 14.5. The highest BCUT2D eigenvalue weighted by Gasteiger charge is 2.06. The van der Waals surface area contributed by atoms with Gasteiger partial charge < -0.3 is 5.73 Å². The summed E-state index contributed by atoms with van der Waals surface area (Å²) < 4.78 is 11.7. The molecule has 20 heavy (non-hydrogen) atoms. The standard InChI is InChI=1S/C15H14ClNO2S/c16-14-6-4-12(5-7-14)13-3-1-2-11(8-13)9-20(19)10-15(17)18/h1-8H,9-10H2,(H2,17,18)/t20-/m1/s1. The predicted molar refractivity (Wildman–Crippen MR) is 82.8 cm³/mol. The van der Waals surface area contributed by atoms with Crippen LogP contribution in [0.3, 0.4) is 0 Å². The Bertz CT molecular complexity index is 641. The van der Waals surface area contributed by atoms with E-state index in [2.05, 4.69) is 0 Å². The number of primary amides is 1. The van der Waals surface area contributed by atoms with Gasteiger partial charge in [0.2, 0.25) is 5.91 Å². The number of carbonyl (C=O) groups excluding carboxylic acids is 1. The van der Waals surface area contributed by atoms with Crippen molar-refractivity contribution in [2.24, 2.45) is 5.73 Å². The Morgan fingerprint density at radius 2 is 1.80 bits per heavy atom. The van der Waals surface area contributed by atoms with E-state index in [1.54, 1.807) is 0 Å². The number of hydrogen-bond donors (Lipinski definition) is 1. The molecule has 2 rings (SSSR count). The Labute approximate surface area is 125 Å². The minimum atomic E-state index is -1.27. The Kier molecular flexibility index (Phi) is 4.93. The van der Waals surface area contributed by atoms with Gasteiger partial charge in [0.1, 0.15) is 5.75 Å². The highest BCUT2D eigenvalue weighted by molar-refractivity contribution is 7.84. The molecule has 0 aliphatic carbocycles. The molecule has 0 aromatic heterocycles. The van der Waals surface area contributed by atoms with Crippen LogP contribution in [0.15, 0.2) is 48.5 Å². The molecule has 0 spiro atoms. The Morgan fingerprint density at radius 3 is 2.45 bits per heavy atom. The molecule has 0 saturated heterocycles. The summed E-state index contributed by atoms with van der Waals surface area (Å²) in [4.78, 5) is 10.7. The monoisotopic (exact) mass is 307 g/mol. The van der Waals surface area contributed by atoms with Gasteiger partial charge in [-0.25, -0.2) is 0 Å². The van der Waals surface area contributed by atoms with Crippen molar-refractivity contribution in [3.8, 4) is 11.1 Å². The van der Waals surface area contributed by atoms with Gasteiger partial charge in [-0.1, -0.05) is 48.0 Å². The zero-order valence-corrected chi connectivity index (χ0v) is 12.3. The van der Waals surface area contributed by atoms with Crippen molar-refractivity contribution in [2.75, 3.05) is 5.75 Å². The molecule has 0 fully saturated rings. The number of hydrogen-bond acceptors (Lipinski definition) is 2. The third-order valence-electron chi connectivity index (χ3n) is 2.74. The lowest BCUT2D eigenvalue weighted by atomic mass is 10.0. The molecule has 5 heteroatoms. The summed E-state index contributed by atoms with van der Waals surface area (Å²) in [6.45, 7) is 0. The second-order valence-electron chi connectivity index (χ2n) is 4.40. The third kappa shape index (κ3) is 4.18. The minimum Gasteiger partial charge on any atom is -0.369 e. The maximum atomic E-state index is 11.7. The Morgan fingerprint density at radius 1 is 1.10 bits per heavy atom. The normalized spacial score (nSPS) is 12.1. The van der Waals surface area contributed by atoms with Gasteiger partial charge in [-0.3, -0.25) is 9.00 Å². The van der Waals surface area contributed by atoms with Crippen LogP contribution in [0.25, 0.3) is 11.1 Å². The topological polar surface area (TPSA) is 60.2 Å². The fraction of sp³-hybridized carbons (Fsp3) is 0.133. The largest absolute Gasteiger partial charge is 0.369 e. The first-order chi connectivity index (χ1) is 9.54. The molecule has 0 radical (unpaired) electrons. The molecule has 0 saturated carbocycles. The van der Waals surface area contributed by atoms with E-state index in [0.717, 1.165) is 16.7 Å². The van der Waals surface area contributed by atoms with Gasteiger partial charge in [-0.05, 0) is 28.8 Å². The van der Waals surface area contributed by atoms with Crippen LogP contribution in [0.1, 0.15) is 5.56 Å². The van der Waals surface area contributed by atoms with E-state index in [9.17, 15) is 9.00 Å². The average Bonchev–Trinajstić information content (AvgIpc) is 2.38. The Balaban J connectivity index is 2.17. The maximum Gasteiger partial charge on any atom is 0.230 e. The van der Waals surface area contributed by atoms with Gasteiger partial charge in [-0.2, -0.15) is 0 Å². The van der Waals surface area contributed by atoms with Crippen molar-refractivity contribution in [1.82, 2.24) is 0 Å². The number of carbonyl (C=O) groups is 1. The van der Waals surface area contributed by atoms with Crippen LogP contribution in [-0.2, 0) is 21.3 Å². The van der Waals surface area contributed by atoms with Crippen LogP contribution in [0, 0.1) is 0 Å². The Hall–Kier alpha value is -1.65. The molecule has 0 aliphatic heterocycles. The van der Waals surface area contributed by atoms with E-state index in [1.807, 2.05) is 48.5 Å². The molecule has 0 bridgehead atoms. The lowest BCUT2D eigenvalue weighted by Crippen LogP contribution is -2.20. The lowest BCUT2D eigenvalue weighted by molar-refractivity contribution is -0.115. The molecule has 3 nitrogen and oxygen atoms in total. The number of benzene rings is 2. The summed E-state index contributed by atoms with van der Waals surface area (Å²) in [5, 5.41) is 0.687. The summed E-state index contributed by atoms with van der Waals surface area (Å²) in [5.41, 5.74) is 8.01. The molecule has 1 atom stereocenters. The summed E-state index contributed by atoms with van der Waals surface area (Å²) in [6.07, 6.45) is 0. The lowest BCUT2D eigenvalue weighted by Gasteiger charge is -2.05. The molecule has 104 valence electrons. The highest BCUT2D eigenvalue weighted by atomic mass is 35.5. The van der Waals surface area contributed by atoms with Gasteiger partial charge in [0.05, 0.1) is 0 Å². The van der Waals surface area contributed by atoms with Crippen LogP contribution < -0.4 is 5.73 Å². The van der Waals surface area contributed by atoms with Gasteiger partial charge in [0.25, 0.3) is 0 Å². The maximum absolute atomic E-state index is 11.7. The van der Waals surface area contributed by atoms with E-state index >= 15 is 0 Å². The molecule has 2 aromatic carbocycles. The van der Waals surface area contributed by atoms with Gasteiger partial charge in [0, 0.05) is 21.6 Å². The van der Waals surface area contributed by atoms with E-state index < -0.39 is 16.7 Å². The van der Waals surface area contributed by atoms with E-state index in [1.165, 1.54) is 0 Å². The van der Waals surface area contributed by atoms with Crippen molar-refractivity contribution >= 4 is 28.3 Å². The van der Waals surface area contributed by atoms with Crippen molar-refractivity contribution in [3.05, 3.63) is 59.1 Å². The number of nitrogens with two attached hydrogens (primary N) is 1. The van der Waals surface area contributed by atoms with Crippen LogP contribution in [0.2, 0.25) is 5.02 Å². The van der Waals surface area contributed by atoms with Crippen molar-refractivity contribution in [3.63, 3.8) is 0 Å². The first kappa shape index (κ1) is 14.8. The fourth-order valence-corrected chi connectivity index (χ4v) is 2.98. The molecular weight excluding hydrogens is 294 g/mol. The van der Waals surface area contributed by atoms with Gasteiger partial charge in [0.15, 0.2) is 0 Å². The van der Waals surface area contributed by atoms with Crippen LogP contribution in [0.4, 0.5) is 0 Å². The molecular formula is C15H14ClNO2S. The highest BCUT2D eigenvalue weighted by Crippen LogP contribution is 2.22. The molecule has 2 aromatic rings. The smallest absolute Gasteiger partial charge is 0.230 e. The summed E-state index contributed by atoms with van der Waals surface area (Å²) in [5.74, 6) is -0.326. The number of rotatable bonds is 5.